The van der Waals surface area contributed by atoms with E-state index in [1.165, 1.54) is 0 Å². The van der Waals surface area contributed by atoms with E-state index in [0.29, 0.717) is 0 Å². The number of Topliss-reactive ketones (excluding diaryl/α,β-unsaturated/α-hetero) is 1. The van der Waals surface area contributed by atoms with Crippen molar-refractivity contribution in [3.63, 3.8) is 0 Å². The number of ketones is 1. The van der Waals surface area contributed by atoms with E-state index in [-0.39, 0.29) is 29.6 Å². The van der Waals surface area contributed by atoms with E-state index in [4.69, 9.17) is 0 Å². The molecule has 0 aromatic carbocycles. The van der Waals surface area contributed by atoms with Crippen molar-refractivity contribution >= 4 is 15.9 Å². The Morgan fingerprint density at radius 2 is 1.89 bits per heavy atom. The molecule has 0 aromatic heterocycles. The monoisotopic (exact) mass is 160 g/mol. The van der Waals surface area contributed by atoms with E-state index >= 15 is 0 Å². The van der Waals surface area contributed by atoms with Crippen LogP contribution in [0.25, 0.3) is 0 Å². The molecule has 0 saturated heterocycles. The molecule has 0 saturated carbocycles. The maximum atomic E-state index is 9.88. The Kier molecular flexibility index (Phi) is 6.01. The summed E-state index contributed by atoms with van der Waals surface area (Å²) in [4.78, 5) is 9.88. The fraction of sp³-hybridized carbons (Fsp3) is 0.667. The third-order valence-electron chi connectivity index (χ3n) is 0.380. The number of rotatable bonds is 2. The molecule has 0 atom stereocenters. The van der Waals surface area contributed by atoms with E-state index in [1.807, 2.05) is 0 Å². The molecular weight excluding hydrogens is 155 g/mol. The van der Waals surface area contributed by atoms with Crippen molar-refractivity contribution in [1.29, 1.82) is 0 Å². The van der Waals surface area contributed by atoms with Gasteiger partial charge in [0.2, 0.25) is 0 Å². The fourth-order valence-electron chi connectivity index (χ4n) is 0.249. The maximum absolute atomic E-state index is 9.88. The van der Waals surface area contributed by atoms with Gasteiger partial charge >= 0.3 is 29.6 Å². The van der Waals surface area contributed by atoms with Crippen molar-refractivity contribution < 1.29 is 47.3 Å². The number of carbonyl (C=O) groups excluding carboxylic acids is 1. The zero-order valence-corrected chi connectivity index (χ0v) is 8.06. The first-order valence-electron chi connectivity index (χ1n) is 1.85. The molecule has 0 spiro atoms. The van der Waals surface area contributed by atoms with Crippen molar-refractivity contribution in [3.8, 4) is 0 Å². The molecule has 0 aliphatic carbocycles. The average Bonchev–Trinajstić information content (AvgIpc) is 1.21. The Labute approximate surface area is 75.7 Å². The summed E-state index contributed by atoms with van der Waals surface area (Å²) in [6, 6.07) is 0. The largest absolute Gasteiger partial charge is 1.00 e. The van der Waals surface area contributed by atoms with Crippen LogP contribution in [-0.2, 0) is 14.9 Å². The first-order chi connectivity index (χ1) is 3.42. The Morgan fingerprint density at radius 3 is 1.89 bits per heavy atom. The molecule has 0 aromatic rings. The van der Waals surface area contributed by atoms with Crippen molar-refractivity contribution in [2.75, 3.05) is 5.75 Å². The molecule has 9 heavy (non-hydrogen) atoms. The Morgan fingerprint density at radius 1 is 1.56 bits per heavy atom. The van der Waals surface area contributed by atoms with Gasteiger partial charge in [-0.2, -0.15) is 0 Å². The molecule has 4 nitrogen and oxygen atoms in total. The van der Waals surface area contributed by atoms with Gasteiger partial charge in [0.1, 0.15) is 15.9 Å². The zero-order chi connectivity index (χ0) is 6.78. The summed E-state index contributed by atoms with van der Waals surface area (Å²) in [7, 11) is -4.32. The van der Waals surface area contributed by atoms with E-state index in [1.54, 1.807) is 0 Å². The van der Waals surface area contributed by atoms with Crippen molar-refractivity contribution in [3.05, 3.63) is 0 Å². The molecule has 0 rings (SSSR count). The minimum atomic E-state index is -4.32. The number of hydrogen-bond donors (Lipinski definition) is 0. The van der Waals surface area contributed by atoms with Crippen LogP contribution in [-0.4, -0.2) is 24.5 Å². The van der Waals surface area contributed by atoms with Gasteiger partial charge < -0.3 is 4.55 Å². The summed E-state index contributed by atoms with van der Waals surface area (Å²) in [5.41, 5.74) is 0. The van der Waals surface area contributed by atoms with Gasteiger partial charge in [-0.05, 0) is 6.92 Å². The third kappa shape index (κ3) is 11.9. The predicted octanol–water partition coefficient (Wildman–Crippen LogP) is -3.88. The van der Waals surface area contributed by atoms with E-state index < -0.39 is 21.7 Å². The van der Waals surface area contributed by atoms with Crippen LogP contribution in [0.3, 0.4) is 0 Å². The summed E-state index contributed by atoms with van der Waals surface area (Å²) < 4.78 is 29.0. The summed E-state index contributed by atoms with van der Waals surface area (Å²) in [5, 5.41) is 0. The van der Waals surface area contributed by atoms with E-state index in [9.17, 15) is 17.8 Å². The van der Waals surface area contributed by atoms with Gasteiger partial charge in [-0.1, -0.05) is 0 Å². The summed E-state index contributed by atoms with van der Waals surface area (Å²) >= 11 is 0. The van der Waals surface area contributed by atoms with Crippen LogP contribution >= 0.6 is 0 Å². The van der Waals surface area contributed by atoms with Crippen LogP contribution in [0.2, 0.25) is 0 Å². The second kappa shape index (κ2) is 4.40. The predicted molar refractivity (Wildman–Crippen MR) is 25.2 cm³/mol. The molecule has 0 aliphatic rings. The molecule has 0 radical (unpaired) electrons. The Bertz CT molecular complexity index is 182. The van der Waals surface area contributed by atoms with Gasteiger partial charge in [0, 0.05) is 0 Å². The minimum absolute atomic E-state index is 0. The fourth-order valence-corrected chi connectivity index (χ4v) is 0.747. The average molecular weight is 160 g/mol. The molecule has 6 heteroatoms. The van der Waals surface area contributed by atoms with Crippen LogP contribution in [0.15, 0.2) is 0 Å². The van der Waals surface area contributed by atoms with Crippen LogP contribution in [0, 0.1) is 0 Å². The zero-order valence-electron chi connectivity index (χ0n) is 5.25. The van der Waals surface area contributed by atoms with Crippen LogP contribution in [0.5, 0.6) is 0 Å². The van der Waals surface area contributed by atoms with Gasteiger partial charge in [0.25, 0.3) is 0 Å². The van der Waals surface area contributed by atoms with Gasteiger partial charge in [-0.15, -0.1) is 0 Å². The normalized spacial score (nSPS) is 10.0. The summed E-state index contributed by atoms with van der Waals surface area (Å²) in [6.45, 7) is 1.05. The topological polar surface area (TPSA) is 74.3 Å². The van der Waals surface area contributed by atoms with Crippen LogP contribution in [0.4, 0.5) is 0 Å². The number of carbonyl (C=O) groups is 1. The van der Waals surface area contributed by atoms with Gasteiger partial charge in [0.15, 0.2) is 0 Å². The molecule has 0 amide bonds. The SMILES string of the molecule is CC(=O)CS(=O)(=O)[O-].[Na+]. The molecule has 0 fully saturated rings. The van der Waals surface area contributed by atoms with Gasteiger partial charge in [-0.25, -0.2) is 8.42 Å². The summed E-state index contributed by atoms with van der Waals surface area (Å²) in [5.74, 6) is -1.52. The third-order valence-corrected chi connectivity index (χ3v) is 1.14. The smallest absolute Gasteiger partial charge is 0.748 e. The molecule has 0 heterocycles. The molecular formula is C3H5NaO4S. The second-order valence-electron chi connectivity index (χ2n) is 1.40. The van der Waals surface area contributed by atoms with Crippen molar-refractivity contribution in [2.45, 2.75) is 6.92 Å². The first-order valence-corrected chi connectivity index (χ1v) is 3.42. The minimum Gasteiger partial charge on any atom is -0.748 e. The molecule has 0 N–H and O–H groups in total. The second-order valence-corrected chi connectivity index (χ2v) is 2.81. The molecule has 0 bridgehead atoms. The van der Waals surface area contributed by atoms with Gasteiger partial charge in [-0.3, -0.25) is 4.79 Å². The van der Waals surface area contributed by atoms with Gasteiger partial charge in [0.05, 0.1) is 5.75 Å². The summed E-state index contributed by atoms with van der Waals surface area (Å²) in [6.07, 6.45) is 0. The maximum Gasteiger partial charge on any atom is 1.00 e. The Balaban J connectivity index is 0. The first kappa shape index (κ1) is 12.3. The van der Waals surface area contributed by atoms with Crippen molar-refractivity contribution in [2.24, 2.45) is 0 Å². The molecule has 48 valence electrons. The Hall–Kier alpha value is 0.580. The molecule has 0 aliphatic heterocycles. The molecule has 0 unspecified atom stereocenters. The number of hydrogen-bond acceptors (Lipinski definition) is 4. The van der Waals surface area contributed by atoms with Crippen molar-refractivity contribution in [1.82, 2.24) is 0 Å². The standard InChI is InChI=1S/C3H6O4S.Na/c1-3(4)2-8(5,6)7;/h2H2,1H3,(H,5,6,7);/q;+1/p-1. The quantitative estimate of drug-likeness (QED) is 0.306. The van der Waals surface area contributed by atoms with Crippen LogP contribution < -0.4 is 29.6 Å². The van der Waals surface area contributed by atoms with Crippen LogP contribution in [0.1, 0.15) is 6.92 Å². The van der Waals surface area contributed by atoms with E-state index in [2.05, 4.69) is 0 Å². The van der Waals surface area contributed by atoms with E-state index in [0.717, 1.165) is 6.92 Å².